The average molecular weight is 524 g/mol. The number of nitrogens with one attached hydrogen (secondary N) is 2. The van der Waals surface area contributed by atoms with Gasteiger partial charge in [-0.3, -0.25) is 9.69 Å². The zero-order chi connectivity index (χ0) is 27.0. The molecule has 12 nitrogen and oxygen atoms in total. The third-order valence-corrected chi connectivity index (χ3v) is 6.34. The van der Waals surface area contributed by atoms with Gasteiger partial charge in [-0.2, -0.15) is 9.61 Å². The van der Waals surface area contributed by atoms with Crippen molar-refractivity contribution in [1.82, 2.24) is 24.9 Å². The van der Waals surface area contributed by atoms with Crippen LogP contribution < -0.4 is 20.3 Å². The van der Waals surface area contributed by atoms with Crippen LogP contribution in [-0.2, 0) is 4.74 Å². The Kier molecular flexibility index (Phi) is 6.82. The van der Waals surface area contributed by atoms with Crippen LogP contribution in [0.4, 0.5) is 22.1 Å². The van der Waals surface area contributed by atoms with Crippen molar-refractivity contribution < 1.29 is 24.2 Å². The second kappa shape index (κ2) is 10.1. The Morgan fingerprint density at radius 3 is 2.68 bits per heavy atom. The van der Waals surface area contributed by atoms with E-state index < -0.39 is 23.7 Å². The first-order chi connectivity index (χ1) is 18.1. The molecule has 2 saturated carbocycles. The molecule has 2 amide bonds. The summed E-state index contributed by atoms with van der Waals surface area (Å²) in [7, 11) is 1.56. The first kappa shape index (κ1) is 25.7. The lowest BCUT2D eigenvalue weighted by Crippen LogP contribution is -2.39. The zero-order valence-corrected chi connectivity index (χ0v) is 22.0. The van der Waals surface area contributed by atoms with E-state index in [0.29, 0.717) is 36.0 Å². The van der Waals surface area contributed by atoms with Crippen molar-refractivity contribution in [2.24, 2.45) is 0 Å². The summed E-state index contributed by atoms with van der Waals surface area (Å²) in [5, 5.41) is 20.7. The van der Waals surface area contributed by atoms with Gasteiger partial charge in [0.15, 0.2) is 5.65 Å². The van der Waals surface area contributed by atoms with E-state index in [0.717, 1.165) is 19.3 Å². The predicted molar refractivity (Wildman–Crippen MR) is 140 cm³/mol. The molecule has 0 unspecified atom stereocenters. The summed E-state index contributed by atoms with van der Waals surface area (Å²) in [4.78, 5) is 36.5. The van der Waals surface area contributed by atoms with Gasteiger partial charge in [-0.25, -0.2) is 14.8 Å². The van der Waals surface area contributed by atoms with Crippen molar-refractivity contribution in [1.29, 1.82) is 0 Å². The van der Waals surface area contributed by atoms with E-state index >= 15 is 0 Å². The summed E-state index contributed by atoms with van der Waals surface area (Å²) in [5.41, 5.74) is 0.341. The summed E-state index contributed by atoms with van der Waals surface area (Å²) < 4.78 is 12.9. The fourth-order valence-electron chi connectivity index (χ4n) is 4.25. The molecule has 2 atom stereocenters. The van der Waals surface area contributed by atoms with E-state index in [2.05, 4.69) is 25.7 Å². The Morgan fingerprint density at radius 2 is 2.00 bits per heavy atom. The smallest absolute Gasteiger partial charge is 0.415 e. The highest BCUT2D eigenvalue weighted by molar-refractivity contribution is 6.00. The van der Waals surface area contributed by atoms with Crippen LogP contribution in [0, 0.1) is 0 Å². The van der Waals surface area contributed by atoms with E-state index in [1.807, 2.05) is 6.07 Å². The number of anilines is 3. The second-order valence-electron chi connectivity index (χ2n) is 10.7. The molecule has 12 heteroatoms. The summed E-state index contributed by atoms with van der Waals surface area (Å²) in [6.07, 6.45) is 6.17. The van der Waals surface area contributed by atoms with E-state index in [4.69, 9.17) is 9.47 Å². The highest BCUT2D eigenvalue weighted by Gasteiger charge is 2.30. The van der Waals surface area contributed by atoms with Gasteiger partial charge in [-0.15, -0.1) is 0 Å². The van der Waals surface area contributed by atoms with Crippen molar-refractivity contribution in [3.63, 3.8) is 0 Å². The molecule has 0 radical (unpaired) electrons. The number of hydrogen-bond donors (Lipinski definition) is 3. The van der Waals surface area contributed by atoms with Crippen LogP contribution in [0.25, 0.3) is 5.65 Å². The molecule has 5 rings (SSSR count). The van der Waals surface area contributed by atoms with Crippen molar-refractivity contribution in [3.05, 3.63) is 36.2 Å². The Bertz CT molecular complexity index is 1350. The van der Waals surface area contributed by atoms with Crippen molar-refractivity contribution in [3.8, 4) is 5.88 Å². The number of ether oxygens (including phenoxy) is 2. The Balaban J connectivity index is 1.53. The van der Waals surface area contributed by atoms with Crippen molar-refractivity contribution in [2.45, 2.75) is 76.7 Å². The average Bonchev–Trinajstić information content (AvgIpc) is 3.43. The van der Waals surface area contributed by atoms with Crippen LogP contribution >= 0.6 is 0 Å². The maximum atomic E-state index is 13.2. The quantitative estimate of drug-likeness (QED) is 0.424. The van der Waals surface area contributed by atoms with Gasteiger partial charge in [0.05, 0.1) is 18.3 Å². The number of aliphatic hydroxyl groups is 1. The Morgan fingerprint density at radius 1 is 1.21 bits per heavy atom. The van der Waals surface area contributed by atoms with Crippen LogP contribution in [0.3, 0.4) is 0 Å². The molecule has 3 aromatic rings. The maximum absolute atomic E-state index is 13.2. The molecule has 3 N–H and O–H groups in total. The van der Waals surface area contributed by atoms with Gasteiger partial charge in [0.2, 0.25) is 5.88 Å². The maximum Gasteiger partial charge on any atom is 0.415 e. The number of amides is 2. The van der Waals surface area contributed by atoms with Gasteiger partial charge >= 0.3 is 6.09 Å². The molecule has 2 fully saturated rings. The SMILES string of the molecule is CN(C(=O)OC(C)(C)C)c1cc(Nc2cccnc2OC2CC2)nc2c(C(=O)N[C@@H]3CCC[C@H]3O)cnn12. The third-order valence-electron chi connectivity index (χ3n) is 6.34. The molecule has 0 bridgehead atoms. The van der Waals surface area contributed by atoms with Crippen LogP contribution in [-0.4, -0.2) is 67.6 Å². The largest absolute Gasteiger partial charge is 0.473 e. The number of rotatable bonds is 7. The lowest BCUT2D eigenvalue weighted by Gasteiger charge is -2.25. The highest BCUT2D eigenvalue weighted by atomic mass is 16.6. The highest BCUT2D eigenvalue weighted by Crippen LogP contribution is 2.32. The number of pyridine rings is 1. The molecule has 38 heavy (non-hydrogen) atoms. The van der Waals surface area contributed by atoms with E-state index in [-0.39, 0.29) is 23.4 Å². The molecule has 3 aromatic heterocycles. The molecular weight excluding hydrogens is 490 g/mol. The van der Waals surface area contributed by atoms with Crippen LogP contribution in [0.2, 0.25) is 0 Å². The number of aromatic nitrogens is 4. The van der Waals surface area contributed by atoms with Gasteiger partial charge in [-0.1, -0.05) is 0 Å². The molecule has 0 aromatic carbocycles. The fraction of sp³-hybridized carbons (Fsp3) is 0.500. The van der Waals surface area contributed by atoms with Crippen molar-refractivity contribution >= 4 is 35.0 Å². The van der Waals surface area contributed by atoms with Crippen molar-refractivity contribution in [2.75, 3.05) is 17.3 Å². The normalized spacial score (nSPS) is 19.3. The molecule has 0 spiro atoms. The monoisotopic (exact) mass is 523 g/mol. The van der Waals surface area contributed by atoms with Gasteiger partial charge < -0.3 is 25.2 Å². The standard InChI is InChI=1S/C26H33N7O5/c1-26(2,3)38-25(36)32(4)21-13-20(29-18-8-6-12-27-24(18)37-15-10-11-15)31-22-16(14-28-33(21)22)23(35)30-17-7-5-9-19(17)34/h6,8,12-15,17,19,34H,5,7,9-11H2,1-4H3,(H,29,31)(H,30,35)/t17-,19-/m1/s1. The van der Waals surface area contributed by atoms with Gasteiger partial charge in [0.1, 0.15) is 34.6 Å². The summed E-state index contributed by atoms with van der Waals surface area (Å²) in [6.45, 7) is 5.35. The minimum absolute atomic E-state index is 0.144. The number of hydrogen-bond acceptors (Lipinski definition) is 9. The summed E-state index contributed by atoms with van der Waals surface area (Å²) >= 11 is 0. The Hall–Kier alpha value is -3.93. The van der Waals surface area contributed by atoms with Crippen LogP contribution in [0.5, 0.6) is 5.88 Å². The molecule has 3 heterocycles. The molecule has 2 aliphatic carbocycles. The minimum atomic E-state index is -0.708. The number of fused-ring (bicyclic) bond motifs is 1. The van der Waals surface area contributed by atoms with Crippen LogP contribution in [0.1, 0.15) is 63.2 Å². The number of aliphatic hydroxyl groups excluding tert-OH is 1. The molecule has 2 aliphatic rings. The lowest BCUT2D eigenvalue weighted by molar-refractivity contribution is 0.0587. The predicted octanol–water partition coefficient (Wildman–Crippen LogP) is 3.42. The zero-order valence-electron chi connectivity index (χ0n) is 22.0. The molecular formula is C26H33N7O5. The molecule has 202 valence electrons. The fourth-order valence-corrected chi connectivity index (χ4v) is 4.25. The summed E-state index contributed by atoms with van der Waals surface area (Å²) in [6, 6.07) is 4.90. The first-order valence-corrected chi connectivity index (χ1v) is 12.8. The topological polar surface area (TPSA) is 143 Å². The first-order valence-electron chi connectivity index (χ1n) is 12.8. The molecule has 0 saturated heterocycles. The minimum Gasteiger partial charge on any atom is -0.473 e. The van der Waals surface area contributed by atoms with Gasteiger partial charge in [-0.05, 0) is 65.0 Å². The number of nitrogens with zero attached hydrogens (tertiary/aromatic N) is 5. The molecule has 0 aliphatic heterocycles. The van der Waals surface area contributed by atoms with Gasteiger partial charge in [0.25, 0.3) is 5.91 Å². The van der Waals surface area contributed by atoms with Crippen LogP contribution in [0.15, 0.2) is 30.6 Å². The number of carbonyl (C=O) groups is 2. The Labute approximate surface area is 220 Å². The van der Waals surface area contributed by atoms with E-state index in [1.54, 1.807) is 46.1 Å². The van der Waals surface area contributed by atoms with E-state index in [9.17, 15) is 14.7 Å². The van der Waals surface area contributed by atoms with Gasteiger partial charge in [0, 0.05) is 19.3 Å². The second-order valence-corrected chi connectivity index (χ2v) is 10.7. The lowest BCUT2D eigenvalue weighted by atomic mass is 10.2. The summed E-state index contributed by atoms with van der Waals surface area (Å²) in [5.74, 6) is 0.730. The third kappa shape index (κ3) is 5.64. The number of carbonyl (C=O) groups excluding carboxylic acids is 2. The van der Waals surface area contributed by atoms with E-state index in [1.165, 1.54) is 15.6 Å².